The molecule has 0 fully saturated rings. The molecule has 0 heterocycles. The van der Waals surface area contributed by atoms with Gasteiger partial charge < -0.3 is 25.6 Å². The van der Waals surface area contributed by atoms with Crippen molar-refractivity contribution in [1.82, 2.24) is 10.6 Å². The predicted molar refractivity (Wildman–Crippen MR) is 122 cm³/mol. The number of hydrogen-bond donors (Lipinski definition) is 4. The van der Waals surface area contributed by atoms with E-state index in [0.29, 0.717) is 12.3 Å². The van der Waals surface area contributed by atoms with Crippen molar-refractivity contribution in [3.8, 4) is 11.1 Å². The molecule has 4 N–H and O–H groups in total. The summed E-state index contributed by atoms with van der Waals surface area (Å²) in [6, 6.07) is 15.1. The second-order valence-electron chi connectivity index (χ2n) is 7.28. The van der Waals surface area contributed by atoms with Crippen LogP contribution in [0.15, 0.2) is 48.5 Å². The highest BCUT2D eigenvalue weighted by molar-refractivity contribution is 7.99. The molecule has 0 saturated carbocycles. The van der Waals surface area contributed by atoms with Crippen LogP contribution < -0.4 is 10.6 Å². The predicted octanol–water partition coefficient (Wildman–Crippen LogP) is 2.21. The minimum absolute atomic E-state index is 0.00711. The summed E-state index contributed by atoms with van der Waals surface area (Å²) in [7, 11) is 0. The van der Waals surface area contributed by atoms with Crippen LogP contribution in [0, 0.1) is 0 Å². The Hall–Kier alpha value is -3.04. The van der Waals surface area contributed by atoms with Gasteiger partial charge in [-0.3, -0.25) is 4.79 Å². The zero-order valence-electron chi connectivity index (χ0n) is 17.5. The van der Waals surface area contributed by atoms with Crippen molar-refractivity contribution in [3.63, 3.8) is 0 Å². The fourth-order valence-electron chi connectivity index (χ4n) is 3.66. The van der Waals surface area contributed by atoms with Crippen molar-refractivity contribution in [2.24, 2.45) is 0 Å². The number of alkyl carbamates (subject to hydrolysis) is 1. The quantitative estimate of drug-likeness (QED) is 0.381. The second-order valence-corrected chi connectivity index (χ2v) is 8.38. The van der Waals surface area contributed by atoms with Crippen LogP contribution in [0.5, 0.6) is 0 Å². The molecule has 0 bridgehead atoms. The molecular formula is C23H26N2O6S. The molecule has 1 aliphatic rings. The highest BCUT2D eigenvalue weighted by Gasteiger charge is 2.28. The van der Waals surface area contributed by atoms with Crippen LogP contribution in [0.2, 0.25) is 0 Å². The summed E-state index contributed by atoms with van der Waals surface area (Å²) in [6.07, 6.45) is -0.569. The molecule has 2 amide bonds. The average Bonchev–Trinajstić information content (AvgIpc) is 3.11. The number of aliphatic hydroxyl groups is 1. The molecule has 2 aromatic carbocycles. The summed E-state index contributed by atoms with van der Waals surface area (Å²) < 4.78 is 5.45. The lowest BCUT2D eigenvalue weighted by molar-refractivity contribution is -0.141. The van der Waals surface area contributed by atoms with E-state index >= 15 is 0 Å². The van der Waals surface area contributed by atoms with Gasteiger partial charge in [-0.1, -0.05) is 48.5 Å². The number of rotatable bonds is 11. The summed E-state index contributed by atoms with van der Waals surface area (Å²) in [5.41, 5.74) is 4.61. The van der Waals surface area contributed by atoms with Crippen molar-refractivity contribution in [3.05, 3.63) is 59.7 Å². The van der Waals surface area contributed by atoms with Crippen molar-refractivity contribution in [2.75, 3.05) is 31.3 Å². The molecule has 0 radical (unpaired) electrons. The van der Waals surface area contributed by atoms with Crippen molar-refractivity contribution in [1.29, 1.82) is 0 Å². The van der Waals surface area contributed by atoms with Gasteiger partial charge >= 0.3 is 12.1 Å². The monoisotopic (exact) mass is 458 g/mol. The van der Waals surface area contributed by atoms with E-state index < -0.39 is 24.0 Å². The highest BCUT2D eigenvalue weighted by Crippen LogP contribution is 2.44. The molecule has 9 heteroatoms. The maximum Gasteiger partial charge on any atom is 0.407 e. The summed E-state index contributed by atoms with van der Waals surface area (Å²) >= 11 is 1.26. The number of fused-ring (bicyclic) bond motifs is 3. The van der Waals surface area contributed by atoms with E-state index in [4.69, 9.17) is 14.9 Å². The first kappa shape index (κ1) is 23.6. The Labute approximate surface area is 190 Å². The molecule has 0 unspecified atom stereocenters. The van der Waals surface area contributed by atoms with Gasteiger partial charge in [0.25, 0.3) is 0 Å². The number of carbonyl (C=O) groups excluding carboxylic acids is 2. The van der Waals surface area contributed by atoms with E-state index in [0.717, 1.165) is 22.3 Å². The van der Waals surface area contributed by atoms with Gasteiger partial charge in [-0.15, -0.1) is 0 Å². The molecule has 8 nitrogen and oxygen atoms in total. The van der Waals surface area contributed by atoms with Crippen LogP contribution in [0.25, 0.3) is 11.1 Å². The molecule has 2 aromatic rings. The average molecular weight is 459 g/mol. The van der Waals surface area contributed by atoms with Gasteiger partial charge in [-0.25, -0.2) is 9.59 Å². The molecule has 0 saturated heterocycles. The number of carboxylic acids is 1. The zero-order chi connectivity index (χ0) is 22.9. The fraction of sp³-hybridized carbons (Fsp3) is 0.348. The molecule has 0 spiro atoms. The largest absolute Gasteiger partial charge is 0.480 e. The Morgan fingerprint density at radius 3 is 2.25 bits per heavy atom. The lowest BCUT2D eigenvalue weighted by atomic mass is 9.98. The SMILES string of the molecule is O=C(CSCCNC(=O)OCC1c2ccccc2-c2ccccc21)N[C@@H](CCO)C(=O)O. The minimum atomic E-state index is -1.19. The van der Waals surface area contributed by atoms with Crippen LogP contribution in [0.1, 0.15) is 23.5 Å². The number of nitrogens with one attached hydrogen (secondary N) is 2. The smallest absolute Gasteiger partial charge is 0.407 e. The van der Waals surface area contributed by atoms with E-state index in [-0.39, 0.29) is 31.3 Å². The number of carbonyl (C=O) groups is 3. The van der Waals surface area contributed by atoms with Crippen molar-refractivity contribution < 1.29 is 29.3 Å². The third-order valence-corrected chi connectivity index (χ3v) is 6.10. The van der Waals surface area contributed by atoms with Crippen LogP contribution in [0.4, 0.5) is 4.79 Å². The Balaban J connectivity index is 1.38. The Kier molecular flexibility index (Phi) is 8.52. The van der Waals surface area contributed by atoms with Gasteiger partial charge in [0.15, 0.2) is 0 Å². The number of thioether (sulfide) groups is 1. The molecular weight excluding hydrogens is 432 g/mol. The lowest BCUT2D eigenvalue weighted by Crippen LogP contribution is -2.42. The van der Waals surface area contributed by atoms with E-state index in [1.807, 2.05) is 24.3 Å². The van der Waals surface area contributed by atoms with E-state index in [1.54, 1.807) is 0 Å². The van der Waals surface area contributed by atoms with Gasteiger partial charge in [0.1, 0.15) is 12.6 Å². The van der Waals surface area contributed by atoms with Crippen molar-refractivity contribution in [2.45, 2.75) is 18.4 Å². The van der Waals surface area contributed by atoms with E-state index in [9.17, 15) is 14.4 Å². The summed E-state index contributed by atoms with van der Waals surface area (Å²) in [6.45, 7) is 0.221. The number of benzene rings is 2. The zero-order valence-corrected chi connectivity index (χ0v) is 18.3. The first-order chi connectivity index (χ1) is 15.5. The third kappa shape index (κ3) is 6.02. The Morgan fingerprint density at radius 2 is 1.66 bits per heavy atom. The van der Waals surface area contributed by atoms with Gasteiger partial charge in [0, 0.05) is 31.2 Å². The number of amides is 2. The van der Waals surface area contributed by atoms with Crippen LogP contribution >= 0.6 is 11.8 Å². The number of ether oxygens (including phenoxy) is 1. The maximum absolute atomic E-state index is 12.1. The number of aliphatic carboxylic acids is 1. The Morgan fingerprint density at radius 1 is 1.03 bits per heavy atom. The third-order valence-electron chi connectivity index (χ3n) is 5.14. The molecule has 0 aromatic heterocycles. The van der Waals surface area contributed by atoms with Crippen LogP contribution in [-0.4, -0.2) is 65.5 Å². The van der Waals surface area contributed by atoms with Gasteiger partial charge in [-0.05, 0) is 22.3 Å². The van der Waals surface area contributed by atoms with Gasteiger partial charge in [0.05, 0.1) is 5.75 Å². The van der Waals surface area contributed by atoms with Crippen molar-refractivity contribution >= 4 is 29.7 Å². The Bertz CT molecular complexity index is 922. The summed E-state index contributed by atoms with van der Waals surface area (Å²) in [5, 5.41) is 22.8. The number of aliphatic hydroxyl groups excluding tert-OH is 1. The minimum Gasteiger partial charge on any atom is -0.480 e. The second kappa shape index (κ2) is 11.5. The molecule has 170 valence electrons. The van der Waals surface area contributed by atoms with Gasteiger partial charge in [0.2, 0.25) is 5.91 Å². The topological polar surface area (TPSA) is 125 Å². The maximum atomic E-state index is 12.1. The van der Waals surface area contributed by atoms with E-state index in [1.165, 1.54) is 11.8 Å². The highest BCUT2D eigenvalue weighted by atomic mass is 32.2. The molecule has 3 rings (SSSR count). The lowest BCUT2D eigenvalue weighted by Gasteiger charge is -2.14. The standard InChI is InChI=1S/C23H26N2O6S/c26-11-9-20(22(28)29)25-21(27)14-32-12-10-24-23(30)31-13-19-17-7-3-1-5-15(17)16-6-2-4-8-18(16)19/h1-8,19-20,26H,9-14H2,(H,24,30)(H,25,27)(H,28,29)/t20-/m0/s1. The normalized spacial score (nSPS) is 13.0. The van der Waals surface area contributed by atoms with Crippen LogP contribution in [-0.2, 0) is 14.3 Å². The summed E-state index contributed by atoms with van der Waals surface area (Å²) in [4.78, 5) is 34.9. The van der Waals surface area contributed by atoms with Crippen LogP contribution in [0.3, 0.4) is 0 Å². The first-order valence-electron chi connectivity index (χ1n) is 10.3. The number of carboxylic acid groups (broad SMARTS) is 1. The fourth-order valence-corrected chi connectivity index (χ4v) is 4.32. The molecule has 32 heavy (non-hydrogen) atoms. The molecule has 0 aliphatic heterocycles. The molecule has 1 atom stereocenters. The molecule has 1 aliphatic carbocycles. The van der Waals surface area contributed by atoms with E-state index in [2.05, 4.69) is 34.9 Å². The van der Waals surface area contributed by atoms with Gasteiger partial charge in [-0.2, -0.15) is 11.8 Å². The summed E-state index contributed by atoms with van der Waals surface area (Å²) in [5.74, 6) is -1.10. The first-order valence-corrected chi connectivity index (χ1v) is 11.5. The number of hydrogen-bond acceptors (Lipinski definition) is 6.